The largest absolute Gasteiger partial charge is 0.388 e. The number of hydrogen-bond acceptors (Lipinski definition) is 3. The predicted molar refractivity (Wildman–Crippen MR) is 57.3 cm³/mol. The van der Waals surface area contributed by atoms with Crippen LogP contribution in [0.2, 0.25) is 0 Å². The zero-order chi connectivity index (χ0) is 10.9. The molecule has 0 saturated heterocycles. The predicted octanol–water partition coefficient (Wildman–Crippen LogP) is 2.35. The van der Waals surface area contributed by atoms with E-state index < -0.39 is 0 Å². The molecule has 3 heteroatoms. The third-order valence-corrected chi connectivity index (χ3v) is 0.816. The minimum Gasteiger partial charge on any atom is -0.388 e. The molecule has 0 aromatic carbocycles. The highest BCUT2D eigenvalue weighted by Gasteiger charge is 1.64. The summed E-state index contributed by atoms with van der Waals surface area (Å²) in [5.41, 5.74) is 0. The van der Waals surface area contributed by atoms with E-state index in [9.17, 15) is 0 Å². The molecular formula is C10H26O3. The van der Waals surface area contributed by atoms with Gasteiger partial charge in [0, 0.05) is 40.6 Å². The van der Waals surface area contributed by atoms with E-state index in [-0.39, 0.29) is 0 Å². The molecule has 84 valence electrons. The summed E-state index contributed by atoms with van der Waals surface area (Å²) >= 11 is 0. The van der Waals surface area contributed by atoms with Crippen LogP contribution in [0.4, 0.5) is 0 Å². The summed E-state index contributed by atoms with van der Waals surface area (Å²) < 4.78 is 13.9. The SMILES string of the molecule is CCOCC.CCOCC.COC. The van der Waals surface area contributed by atoms with Gasteiger partial charge in [-0.1, -0.05) is 0 Å². The van der Waals surface area contributed by atoms with Crippen LogP contribution in [0.25, 0.3) is 0 Å². The average molecular weight is 194 g/mol. The maximum absolute atomic E-state index is 4.83. The second-order valence-electron chi connectivity index (χ2n) is 1.97. The van der Waals surface area contributed by atoms with Gasteiger partial charge in [-0.05, 0) is 27.7 Å². The van der Waals surface area contributed by atoms with Crippen LogP contribution in [0.15, 0.2) is 0 Å². The molecule has 0 atom stereocenters. The third kappa shape index (κ3) is 77.0. The smallest absolute Gasteiger partial charge is 0.0437 e. The second kappa shape index (κ2) is 29.7. The topological polar surface area (TPSA) is 27.7 Å². The Morgan fingerprint density at radius 2 is 0.769 bits per heavy atom. The molecule has 13 heavy (non-hydrogen) atoms. The van der Waals surface area contributed by atoms with Gasteiger partial charge in [0.1, 0.15) is 0 Å². The van der Waals surface area contributed by atoms with Gasteiger partial charge in [0.2, 0.25) is 0 Å². The monoisotopic (exact) mass is 194 g/mol. The van der Waals surface area contributed by atoms with Gasteiger partial charge in [-0.2, -0.15) is 0 Å². The van der Waals surface area contributed by atoms with Gasteiger partial charge in [0.25, 0.3) is 0 Å². The van der Waals surface area contributed by atoms with Crippen LogP contribution >= 0.6 is 0 Å². The molecule has 0 aliphatic rings. The van der Waals surface area contributed by atoms with Crippen molar-refractivity contribution in [3.63, 3.8) is 0 Å². The molecule has 0 saturated carbocycles. The van der Waals surface area contributed by atoms with Crippen molar-refractivity contribution in [3.8, 4) is 0 Å². The Labute approximate surface area is 83.4 Å². The molecule has 3 nitrogen and oxygen atoms in total. The molecule has 0 amide bonds. The van der Waals surface area contributed by atoms with E-state index in [1.807, 2.05) is 27.7 Å². The van der Waals surface area contributed by atoms with Crippen molar-refractivity contribution in [1.82, 2.24) is 0 Å². The fourth-order valence-corrected chi connectivity index (χ4v) is 0.408. The Kier molecular flexibility index (Phi) is 42.6. The minimum atomic E-state index is 0.844. The van der Waals surface area contributed by atoms with Crippen LogP contribution in [-0.2, 0) is 14.2 Å². The molecule has 0 aromatic rings. The van der Waals surface area contributed by atoms with E-state index in [2.05, 4.69) is 4.74 Å². The van der Waals surface area contributed by atoms with Gasteiger partial charge in [0.05, 0.1) is 0 Å². The highest BCUT2D eigenvalue weighted by Crippen LogP contribution is 1.64. The summed E-state index contributed by atoms with van der Waals surface area (Å²) in [5.74, 6) is 0. The number of rotatable bonds is 4. The van der Waals surface area contributed by atoms with Crippen molar-refractivity contribution >= 4 is 0 Å². The minimum absolute atomic E-state index is 0.844. The molecule has 0 aliphatic heterocycles. The molecule has 0 N–H and O–H groups in total. The lowest BCUT2D eigenvalue weighted by Gasteiger charge is -1.86. The first kappa shape index (κ1) is 18.6. The van der Waals surface area contributed by atoms with E-state index in [0.717, 1.165) is 26.4 Å². The Bertz CT molecular complexity index is 39.4. The van der Waals surface area contributed by atoms with Crippen molar-refractivity contribution in [2.24, 2.45) is 0 Å². The Morgan fingerprint density at radius 1 is 0.615 bits per heavy atom. The highest BCUT2D eigenvalue weighted by atomic mass is 16.5. The van der Waals surface area contributed by atoms with Crippen LogP contribution in [0.3, 0.4) is 0 Å². The maximum atomic E-state index is 4.83. The normalized spacial score (nSPS) is 7.85. The number of ether oxygens (including phenoxy) is 3. The van der Waals surface area contributed by atoms with Gasteiger partial charge in [-0.25, -0.2) is 0 Å². The summed E-state index contributed by atoms with van der Waals surface area (Å²) in [5, 5.41) is 0. The van der Waals surface area contributed by atoms with Crippen molar-refractivity contribution < 1.29 is 14.2 Å². The third-order valence-electron chi connectivity index (χ3n) is 0.816. The molecule has 0 bridgehead atoms. The summed E-state index contributed by atoms with van der Waals surface area (Å²) in [6, 6.07) is 0. The molecular weight excluding hydrogens is 168 g/mol. The summed E-state index contributed by atoms with van der Waals surface area (Å²) in [7, 11) is 3.25. The van der Waals surface area contributed by atoms with Crippen molar-refractivity contribution in [2.45, 2.75) is 27.7 Å². The van der Waals surface area contributed by atoms with Crippen LogP contribution in [0.5, 0.6) is 0 Å². The lowest BCUT2D eigenvalue weighted by Crippen LogP contribution is -1.84. The second-order valence-corrected chi connectivity index (χ2v) is 1.97. The summed E-state index contributed by atoms with van der Waals surface area (Å²) in [6.45, 7) is 11.3. The first-order chi connectivity index (χ1) is 6.24. The van der Waals surface area contributed by atoms with Gasteiger partial charge in [0.15, 0.2) is 0 Å². The molecule has 0 fully saturated rings. The van der Waals surface area contributed by atoms with Crippen molar-refractivity contribution in [2.75, 3.05) is 40.6 Å². The molecule has 0 unspecified atom stereocenters. The quantitative estimate of drug-likeness (QED) is 0.687. The lowest BCUT2D eigenvalue weighted by molar-refractivity contribution is 0.162. The first-order valence-corrected chi connectivity index (χ1v) is 4.80. The summed E-state index contributed by atoms with van der Waals surface area (Å²) in [6.07, 6.45) is 0. The molecule has 0 spiro atoms. The Morgan fingerprint density at radius 3 is 0.769 bits per heavy atom. The van der Waals surface area contributed by atoms with Gasteiger partial charge < -0.3 is 14.2 Å². The molecule has 0 rings (SSSR count). The first-order valence-electron chi connectivity index (χ1n) is 4.80. The van der Waals surface area contributed by atoms with Gasteiger partial charge >= 0.3 is 0 Å². The fraction of sp³-hybridized carbons (Fsp3) is 1.00. The Hall–Kier alpha value is -0.120. The van der Waals surface area contributed by atoms with Crippen LogP contribution in [0.1, 0.15) is 27.7 Å². The van der Waals surface area contributed by atoms with Crippen LogP contribution < -0.4 is 0 Å². The van der Waals surface area contributed by atoms with Gasteiger partial charge in [-0.3, -0.25) is 0 Å². The highest BCUT2D eigenvalue weighted by molar-refractivity contribution is 4.07. The van der Waals surface area contributed by atoms with Crippen LogP contribution in [-0.4, -0.2) is 40.6 Å². The van der Waals surface area contributed by atoms with Crippen molar-refractivity contribution in [1.29, 1.82) is 0 Å². The van der Waals surface area contributed by atoms with Gasteiger partial charge in [-0.15, -0.1) is 0 Å². The van der Waals surface area contributed by atoms with Crippen LogP contribution in [0, 0.1) is 0 Å². The van der Waals surface area contributed by atoms with E-state index in [1.54, 1.807) is 14.2 Å². The molecule has 0 radical (unpaired) electrons. The molecule has 0 heterocycles. The van der Waals surface area contributed by atoms with E-state index in [0.29, 0.717) is 0 Å². The molecule has 0 aliphatic carbocycles. The van der Waals surface area contributed by atoms with E-state index >= 15 is 0 Å². The van der Waals surface area contributed by atoms with Crippen molar-refractivity contribution in [3.05, 3.63) is 0 Å². The Balaban J connectivity index is -0.000000120. The molecule has 0 aromatic heterocycles. The van der Waals surface area contributed by atoms with E-state index in [1.165, 1.54) is 0 Å². The fourth-order valence-electron chi connectivity index (χ4n) is 0.408. The van der Waals surface area contributed by atoms with E-state index in [4.69, 9.17) is 9.47 Å². The number of hydrogen-bond donors (Lipinski definition) is 0. The maximum Gasteiger partial charge on any atom is 0.0437 e. The lowest BCUT2D eigenvalue weighted by atomic mass is 10.8. The number of methoxy groups -OCH3 is 1. The standard InChI is InChI=1S/2C4H10O.C2H6O/c2*1-3-5-4-2;1-3-2/h2*3-4H2,1-2H3;1-2H3. The average Bonchev–Trinajstić information content (AvgIpc) is 2.09. The zero-order valence-corrected chi connectivity index (χ0v) is 10.1. The zero-order valence-electron chi connectivity index (χ0n) is 10.1. The summed E-state index contributed by atoms with van der Waals surface area (Å²) in [4.78, 5) is 0.